The molecule has 0 N–H and O–H groups in total. The fourth-order valence-corrected chi connectivity index (χ4v) is 3.30. The van der Waals surface area contributed by atoms with Crippen LogP contribution in [0.25, 0.3) is 0 Å². The Bertz CT molecular complexity index is 818. The van der Waals surface area contributed by atoms with E-state index in [1.54, 1.807) is 42.5 Å². The monoisotopic (exact) mass is 291 g/mol. The summed E-state index contributed by atoms with van der Waals surface area (Å²) < 4.78 is 0. The molecule has 4 nitrogen and oxygen atoms in total. The Balaban J connectivity index is 1.88. The number of imide groups is 1. The first-order valence-corrected chi connectivity index (χ1v) is 7.23. The summed E-state index contributed by atoms with van der Waals surface area (Å²) in [4.78, 5) is 38.5. The minimum Gasteiger partial charge on any atom is -0.294 e. The molecule has 4 heteroatoms. The van der Waals surface area contributed by atoms with Gasteiger partial charge in [-0.05, 0) is 30.2 Å². The fraction of sp³-hybridized carbons (Fsp3) is 0.167. The van der Waals surface area contributed by atoms with E-state index in [0.29, 0.717) is 28.8 Å². The largest absolute Gasteiger partial charge is 0.294 e. The lowest BCUT2D eigenvalue weighted by atomic mass is 10.1. The SMILES string of the molecule is CC1Cc2c(cccc2N2C(=O)c3ccccc3C2=O)C1=O. The number of carbonyl (C=O) groups is 3. The average molecular weight is 291 g/mol. The number of carbonyl (C=O) groups excluding carboxylic acids is 3. The van der Waals surface area contributed by atoms with Crippen molar-refractivity contribution in [3.63, 3.8) is 0 Å². The van der Waals surface area contributed by atoms with Gasteiger partial charge >= 0.3 is 0 Å². The lowest BCUT2D eigenvalue weighted by Crippen LogP contribution is -2.30. The van der Waals surface area contributed by atoms with Crippen molar-refractivity contribution in [1.29, 1.82) is 0 Å². The van der Waals surface area contributed by atoms with Gasteiger partial charge < -0.3 is 0 Å². The van der Waals surface area contributed by atoms with Crippen molar-refractivity contribution in [2.75, 3.05) is 4.90 Å². The van der Waals surface area contributed by atoms with Crippen LogP contribution in [0.15, 0.2) is 42.5 Å². The second-order valence-corrected chi connectivity index (χ2v) is 5.76. The maximum absolute atomic E-state index is 12.6. The van der Waals surface area contributed by atoms with Gasteiger partial charge in [0.15, 0.2) is 5.78 Å². The summed E-state index contributed by atoms with van der Waals surface area (Å²) in [5, 5.41) is 0. The third-order valence-corrected chi connectivity index (χ3v) is 4.41. The zero-order valence-corrected chi connectivity index (χ0v) is 12.0. The molecule has 2 amide bonds. The predicted molar refractivity (Wildman–Crippen MR) is 81.2 cm³/mol. The number of fused-ring (bicyclic) bond motifs is 2. The molecule has 4 rings (SSSR count). The van der Waals surface area contributed by atoms with Crippen LogP contribution in [-0.4, -0.2) is 17.6 Å². The molecule has 22 heavy (non-hydrogen) atoms. The Kier molecular flexibility index (Phi) is 2.57. The van der Waals surface area contributed by atoms with Gasteiger partial charge in [0, 0.05) is 11.5 Å². The highest BCUT2D eigenvalue weighted by Gasteiger charge is 2.39. The molecule has 0 saturated carbocycles. The van der Waals surface area contributed by atoms with Crippen LogP contribution >= 0.6 is 0 Å². The number of amides is 2. The molecule has 0 saturated heterocycles. The summed E-state index contributed by atoms with van der Waals surface area (Å²) in [5.41, 5.74) is 2.81. The minimum absolute atomic E-state index is 0.0773. The third kappa shape index (κ3) is 1.55. The lowest BCUT2D eigenvalue weighted by Gasteiger charge is -2.17. The maximum atomic E-state index is 12.6. The predicted octanol–water partition coefficient (Wildman–Crippen LogP) is 2.86. The van der Waals surface area contributed by atoms with E-state index in [2.05, 4.69) is 0 Å². The summed E-state index contributed by atoms with van der Waals surface area (Å²) in [6.45, 7) is 1.87. The normalized spacial score (nSPS) is 19.6. The Morgan fingerprint density at radius 3 is 2.09 bits per heavy atom. The zero-order valence-electron chi connectivity index (χ0n) is 12.0. The van der Waals surface area contributed by atoms with Gasteiger partial charge in [-0.2, -0.15) is 0 Å². The van der Waals surface area contributed by atoms with Crippen LogP contribution < -0.4 is 4.90 Å². The first-order valence-electron chi connectivity index (χ1n) is 7.23. The number of anilines is 1. The van der Waals surface area contributed by atoms with Gasteiger partial charge in [0.05, 0.1) is 16.8 Å². The summed E-state index contributed by atoms with van der Waals surface area (Å²) in [6, 6.07) is 12.0. The quantitative estimate of drug-likeness (QED) is 0.759. The van der Waals surface area contributed by atoms with E-state index in [0.717, 1.165) is 5.56 Å². The van der Waals surface area contributed by atoms with Crippen LogP contribution in [0.3, 0.4) is 0 Å². The van der Waals surface area contributed by atoms with E-state index < -0.39 is 0 Å². The van der Waals surface area contributed by atoms with Crippen molar-refractivity contribution in [3.8, 4) is 0 Å². The zero-order chi connectivity index (χ0) is 15.4. The molecule has 108 valence electrons. The van der Waals surface area contributed by atoms with Gasteiger partial charge in [-0.25, -0.2) is 4.90 Å². The highest BCUT2D eigenvalue weighted by atomic mass is 16.2. The molecular weight excluding hydrogens is 278 g/mol. The van der Waals surface area contributed by atoms with Crippen LogP contribution in [0.2, 0.25) is 0 Å². The molecule has 0 aromatic heterocycles. The van der Waals surface area contributed by atoms with Crippen molar-refractivity contribution in [1.82, 2.24) is 0 Å². The van der Waals surface area contributed by atoms with E-state index in [1.165, 1.54) is 4.90 Å². The van der Waals surface area contributed by atoms with Crippen LogP contribution in [-0.2, 0) is 6.42 Å². The minimum atomic E-state index is -0.319. The molecule has 1 heterocycles. The first-order chi connectivity index (χ1) is 10.6. The average Bonchev–Trinajstić information content (AvgIpc) is 2.96. The van der Waals surface area contributed by atoms with E-state index in [4.69, 9.17) is 0 Å². The summed E-state index contributed by atoms with van der Waals surface area (Å²) in [5.74, 6) is -0.665. The number of ketones is 1. The number of Topliss-reactive ketones (excluding diaryl/α,β-unsaturated/α-hetero) is 1. The highest BCUT2D eigenvalue weighted by Crippen LogP contribution is 2.37. The molecular formula is C18H13NO3. The number of benzene rings is 2. The standard InChI is InChI=1S/C18H13NO3/c1-10-9-14-11(16(10)20)7-4-8-15(14)19-17(21)12-5-2-3-6-13(12)18(19)22/h2-8,10H,9H2,1H3. The number of rotatable bonds is 1. The number of nitrogens with zero attached hydrogens (tertiary/aromatic N) is 1. The van der Waals surface area contributed by atoms with Crippen LogP contribution in [0.5, 0.6) is 0 Å². The summed E-state index contributed by atoms with van der Waals surface area (Å²) >= 11 is 0. The summed E-state index contributed by atoms with van der Waals surface area (Å²) in [7, 11) is 0. The van der Waals surface area contributed by atoms with Gasteiger partial charge in [0.25, 0.3) is 11.8 Å². The van der Waals surface area contributed by atoms with Gasteiger partial charge in [0.2, 0.25) is 0 Å². The number of hydrogen-bond donors (Lipinski definition) is 0. The van der Waals surface area contributed by atoms with Crippen molar-refractivity contribution < 1.29 is 14.4 Å². The molecule has 0 bridgehead atoms. The highest BCUT2D eigenvalue weighted by molar-refractivity contribution is 6.34. The second kappa shape index (κ2) is 4.37. The smallest absolute Gasteiger partial charge is 0.266 e. The van der Waals surface area contributed by atoms with Crippen molar-refractivity contribution >= 4 is 23.3 Å². The molecule has 2 aliphatic rings. The second-order valence-electron chi connectivity index (χ2n) is 5.76. The van der Waals surface area contributed by atoms with E-state index in [1.807, 2.05) is 6.92 Å². The first kappa shape index (κ1) is 13.0. The van der Waals surface area contributed by atoms with Crippen molar-refractivity contribution in [2.24, 2.45) is 5.92 Å². The van der Waals surface area contributed by atoms with Gasteiger partial charge in [-0.3, -0.25) is 14.4 Å². The van der Waals surface area contributed by atoms with Gasteiger partial charge in [-0.1, -0.05) is 31.2 Å². The topological polar surface area (TPSA) is 54.5 Å². The van der Waals surface area contributed by atoms with E-state index >= 15 is 0 Å². The number of hydrogen-bond acceptors (Lipinski definition) is 3. The van der Waals surface area contributed by atoms with Crippen LogP contribution in [0.4, 0.5) is 5.69 Å². The fourth-order valence-electron chi connectivity index (χ4n) is 3.30. The van der Waals surface area contributed by atoms with Crippen molar-refractivity contribution in [3.05, 3.63) is 64.7 Å². The van der Waals surface area contributed by atoms with E-state index in [-0.39, 0.29) is 23.5 Å². The third-order valence-electron chi connectivity index (χ3n) is 4.41. The maximum Gasteiger partial charge on any atom is 0.266 e. The molecule has 2 aromatic rings. The van der Waals surface area contributed by atoms with Gasteiger partial charge in [0.1, 0.15) is 0 Å². The van der Waals surface area contributed by atoms with Crippen molar-refractivity contribution in [2.45, 2.75) is 13.3 Å². The Morgan fingerprint density at radius 2 is 1.45 bits per heavy atom. The molecule has 0 fully saturated rings. The molecule has 2 aromatic carbocycles. The van der Waals surface area contributed by atoms with Crippen LogP contribution in [0, 0.1) is 5.92 Å². The molecule has 1 aliphatic heterocycles. The Labute approximate surface area is 127 Å². The molecule has 0 spiro atoms. The molecule has 1 atom stereocenters. The molecule has 1 unspecified atom stereocenters. The van der Waals surface area contributed by atoms with Gasteiger partial charge in [-0.15, -0.1) is 0 Å². The lowest BCUT2D eigenvalue weighted by molar-refractivity contribution is 0.0921. The molecule has 1 aliphatic carbocycles. The van der Waals surface area contributed by atoms with E-state index in [9.17, 15) is 14.4 Å². The van der Waals surface area contributed by atoms with Crippen LogP contribution in [0.1, 0.15) is 43.6 Å². The Morgan fingerprint density at radius 1 is 0.864 bits per heavy atom. The Hall–Kier alpha value is -2.75. The molecule has 0 radical (unpaired) electrons. The summed E-state index contributed by atoms with van der Waals surface area (Å²) in [6.07, 6.45) is 0.567.